The van der Waals surface area contributed by atoms with Gasteiger partial charge in [0.25, 0.3) is 0 Å². The lowest BCUT2D eigenvalue weighted by Crippen LogP contribution is -1.98. The Morgan fingerprint density at radius 1 is 1.35 bits per heavy atom. The lowest BCUT2D eigenvalue weighted by Gasteiger charge is -2.07. The largest absolute Gasteiger partial charge is 0.496 e. The number of aromatic nitrogens is 1. The summed E-state index contributed by atoms with van der Waals surface area (Å²) in [5, 5.41) is 11.3. The average Bonchev–Trinajstić information content (AvgIpc) is 3.02. The van der Waals surface area contributed by atoms with Crippen molar-refractivity contribution in [3.63, 3.8) is 0 Å². The van der Waals surface area contributed by atoms with Gasteiger partial charge in [-0.05, 0) is 23.6 Å². The van der Waals surface area contributed by atoms with Gasteiger partial charge in [-0.1, -0.05) is 23.9 Å². The first-order valence-electron chi connectivity index (χ1n) is 5.84. The number of methoxy groups -OCH3 is 1. The third kappa shape index (κ3) is 2.17. The molecule has 0 atom stereocenters. The quantitative estimate of drug-likeness (QED) is 0.762. The van der Waals surface area contributed by atoms with E-state index in [0.717, 1.165) is 25.8 Å². The second-order valence-electron chi connectivity index (χ2n) is 4.05. The number of thiophene rings is 1. The summed E-state index contributed by atoms with van der Waals surface area (Å²) in [6.07, 6.45) is 0. The van der Waals surface area contributed by atoms with Crippen molar-refractivity contribution in [2.24, 2.45) is 0 Å². The fraction of sp³-hybridized carbons (Fsp3) is 0.0714. The van der Waals surface area contributed by atoms with Gasteiger partial charge < -0.3 is 14.8 Å². The molecule has 2 aromatic heterocycles. The van der Waals surface area contributed by atoms with Crippen molar-refractivity contribution in [2.75, 3.05) is 7.11 Å². The zero-order valence-corrected chi connectivity index (χ0v) is 12.2. The number of H-pyrrole nitrogens is 1. The van der Waals surface area contributed by atoms with Crippen molar-refractivity contribution < 1.29 is 14.6 Å². The molecule has 2 heterocycles. The lowest BCUT2D eigenvalue weighted by atomic mass is 10.3. The van der Waals surface area contributed by atoms with Crippen molar-refractivity contribution in [1.29, 1.82) is 0 Å². The number of carbonyl (C=O) groups is 1. The van der Waals surface area contributed by atoms with Crippen LogP contribution in [0.4, 0.5) is 0 Å². The Bertz CT molecular complexity index is 776. The molecule has 3 aromatic rings. The van der Waals surface area contributed by atoms with E-state index in [4.69, 9.17) is 4.74 Å². The van der Waals surface area contributed by atoms with E-state index in [1.165, 1.54) is 23.1 Å². The summed E-state index contributed by atoms with van der Waals surface area (Å²) < 4.78 is 6.27. The first kappa shape index (κ1) is 13.1. The van der Waals surface area contributed by atoms with Gasteiger partial charge in [0.1, 0.15) is 11.4 Å². The molecule has 0 saturated carbocycles. The molecule has 0 fully saturated rings. The molecule has 102 valence electrons. The smallest absolute Gasteiger partial charge is 0.353 e. The first-order valence-corrected chi connectivity index (χ1v) is 7.53. The van der Waals surface area contributed by atoms with E-state index in [2.05, 4.69) is 4.98 Å². The summed E-state index contributed by atoms with van der Waals surface area (Å²) in [6.45, 7) is 0. The number of carboxylic acid groups (broad SMARTS) is 1. The molecular formula is C14H11NO3S2. The molecule has 20 heavy (non-hydrogen) atoms. The van der Waals surface area contributed by atoms with Crippen LogP contribution in [0.3, 0.4) is 0 Å². The fourth-order valence-electron chi connectivity index (χ4n) is 1.95. The van der Waals surface area contributed by atoms with Gasteiger partial charge >= 0.3 is 5.97 Å². The van der Waals surface area contributed by atoms with Crippen LogP contribution in [0.25, 0.3) is 10.2 Å². The summed E-state index contributed by atoms with van der Waals surface area (Å²) in [5.41, 5.74) is 1.08. The third-order valence-corrected chi connectivity index (χ3v) is 5.08. The van der Waals surface area contributed by atoms with Gasteiger partial charge in [-0.3, -0.25) is 0 Å². The van der Waals surface area contributed by atoms with Crippen LogP contribution in [0, 0.1) is 0 Å². The minimum Gasteiger partial charge on any atom is -0.496 e. The highest BCUT2D eigenvalue weighted by Crippen LogP contribution is 2.42. The van der Waals surface area contributed by atoms with Crippen LogP contribution in [0.5, 0.6) is 5.75 Å². The van der Waals surface area contributed by atoms with Crippen LogP contribution in [-0.2, 0) is 0 Å². The minimum atomic E-state index is -0.953. The maximum Gasteiger partial charge on any atom is 0.353 e. The Kier molecular flexibility index (Phi) is 3.42. The molecule has 0 aliphatic heterocycles. The van der Waals surface area contributed by atoms with Gasteiger partial charge in [-0.25, -0.2) is 4.79 Å². The Balaban J connectivity index is 2.11. The predicted molar refractivity (Wildman–Crippen MR) is 80.3 cm³/mol. The topological polar surface area (TPSA) is 62.3 Å². The molecule has 0 unspecified atom stereocenters. The van der Waals surface area contributed by atoms with Gasteiger partial charge in [0.2, 0.25) is 0 Å². The number of hydrogen-bond donors (Lipinski definition) is 2. The van der Waals surface area contributed by atoms with Crippen LogP contribution < -0.4 is 4.74 Å². The summed E-state index contributed by atoms with van der Waals surface area (Å²) in [7, 11) is 1.61. The average molecular weight is 305 g/mol. The molecule has 0 saturated heterocycles. The Morgan fingerprint density at radius 3 is 2.90 bits per heavy atom. The third-order valence-electron chi connectivity index (χ3n) is 2.85. The number of aromatic amines is 1. The van der Waals surface area contributed by atoms with Gasteiger partial charge in [0.15, 0.2) is 0 Å². The summed E-state index contributed by atoms with van der Waals surface area (Å²) in [6, 6.07) is 9.46. The van der Waals surface area contributed by atoms with E-state index in [9.17, 15) is 9.90 Å². The number of ether oxygens (including phenoxy) is 1. The van der Waals surface area contributed by atoms with E-state index in [0.29, 0.717) is 0 Å². The molecule has 0 aliphatic rings. The SMILES string of the molecule is COc1ccccc1Sc1c(C(=O)O)[nH]c2ccsc12. The normalized spacial score (nSPS) is 10.8. The van der Waals surface area contributed by atoms with Gasteiger partial charge in [0.05, 0.1) is 27.1 Å². The number of carboxylic acids is 1. The number of aromatic carboxylic acids is 1. The summed E-state index contributed by atoms with van der Waals surface area (Å²) >= 11 is 2.94. The highest BCUT2D eigenvalue weighted by molar-refractivity contribution is 8.00. The maximum absolute atomic E-state index is 11.4. The Labute approximate surface area is 123 Å². The lowest BCUT2D eigenvalue weighted by molar-refractivity contribution is 0.0688. The Morgan fingerprint density at radius 2 is 2.15 bits per heavy atom. The molecule has 6 heteroatoms. The minimum absolute atomic E-state index is 0.225. The second kappa shape index (κ2) is 5.22. The van der Waals surface area contributed by atoms with E-state index in [-0.39, 0.29) is 5.69 Å². The fourth-order valence-corrected chi connectivity index (χ4v) is 4.08. The van der Waals surface area contributed by atoms with Crippen LogP contribution in [0.15, 0.2) is 45.5 Å². The monoisotopic (exact) mass is 305 g/mol. The van der Waals surface area contributed by atoms with E-state index in [1.54, 1.807) is 7.11 Å². The number of benzene rings is 1. The molecule has 0 spiro atoms. The number of fused-ring (bicyclic) bond motifs is 1. The second-order valence-corrected chi connectivity index (χ2v) is 6.02. The molecule has 0 amide bonds. The van der Waals surface area contributed by atoms with Gasteiger partial charge in [-0.2, -0.15) is 0 Å². The predicted octanol–water partition coefficient (Wildman–Crippen LogP) is 4.09. The molecule has 0 radical (unpaired) electrons. The molecule has 3 rings (SSSR count). The number of hydrogen-bond acceptors (Lipinski definition) is 4. The zero-order chi connectivity index (χ0) is 14.1. The van der Waals surface area contributed by atoms with Crippen LogP contribution >= 0.6 is 23.1 Å². The van der Waals surface area contributed by atoms with Crippen molar-refractivity contribution in [1.82, 2.24) is 4.98 Å². The van der Waals surface area contributed by atoms with Crippen LogP contribution in [0.1, 0.15) is 10.5 Å². The molecule has 1 aromatic carbocycles. The number of rotatable bonds is 4. The summed E-state index contributed by atoms with van der Waals surface area (Å²) in [5.74, 6) is -0.217. The molecule has 4 nitrogen and oxygen atoms in total. The highest BCUT2D eigenvalue weighted by atomic mass is 32.2. The molecule has 2 N–H and O–H groups in total. The van der Waals surface area contributed by atoms with Crippen molar-refractivity contribution >= 4 is 39.3 Å². The zero-order valence-electron chi connectivity index (χ0n) is 10.5. The van der Waals surface area contributed by atoms with E-state index in [1.807, 2.05) is 35.7 Å². The molecule has 0 bridgehead atoms. The van der Waals surface area contributed by atoms with Crippen molar-refractivity contribution in [3.05, 3.63) is 41.4 Å². The number of para-hydroxylation sites is 1. The van der Waals surface area contributed by atoms with E-state index < -0.39 is 5.97 Å². The first-order chi connectivity index (χ1) is 9.70. The van der Waals surface area contributed by atoms with Crippen LogP contribution in [-0.4, -0.2) is 23.2 Å². The highest BCUT2D eigenvalue weighted by Gasteiger charge is 2.20. The molecule has 0 aliphatic carbocycles. The Hall–Kier alpha value is -1.92. The number of nitrogens with one attached hydrogen (secondary N) is 1. The summed E-state index contributed by atoms with van der Waals surface area (Å²) in [4.78, 5) is 15.9. The molecular weight excluding hydrogens is 294 g/mol. The van der Waals surface area contributed by atoms with E-state index >= 15 is 0 Å². The van der Waals surface area contributed by atoms with Crippen LogP contribution in [0.2, 0.25) is 0 Å². The standard InChI is InChI=1S/C14H11NO3S2/c1-18-9-4-2-3-5-10(9)20-13-11(14(16)17)15-8-6-7-19-12(8)13/h2-7,15H,1H3,(H,16,17). The van der Waals surface area contributed by atoms with Crippen molar-refractivity contribution in [2.45, 2.75) is 9.79 Å². The van der Waals surface area contributed by atoms with Crippen molar-refractivity contribution in [3.8, 4) is 5.75 Å². The van der Waals surface area contributed by atoms with Gasteiger partial charge in [-0.15, -0.1) is 11.3 Å². The van der Waals surface area contributed by atoms with Gasteiger partial charge in [0, 0.05) is 0 Å². The maximum atomic E-state index is 11.4.